The highest BCUT2D eigenvalue weighted by Gasteiger charge is 2.12. The lowest BCUT2D eigenvalue weighted by Crippen LogP contribution is -2.16. The molecule has 2 rings (SSSR count). The maximum absolute atomic E-state index is 12.1. The minimum atomic E-state index is -0.0912. The van der Waals surface area contributed by atoms with E-state index < -0.39 is 0 Å². The fourth-order valence-electron chi connectivity index (χ4n) is 2.02. The van der Waals surface area contributed by atoms with Crippen LogP contribution < -0.4 is 10.2 Å². The van der Waals surface area contributed by atoms with Crippen molar-refractivity contribution >= 4 is 22.5 Å². The molecule has 22 heavy (non-hydrogen) atoms. The van der Waals surface area contributed by atoms with Crippen molar-refractivity contribution in [2.45, 2.75) is 19.4 Å². The number of aromatic nitrogens is 1. The highest BCUT2D eigenvalue weighted by Crippen LogP contribution is 2.30. The van der Waals surface area contributed by atoms with Gasteiger partial charge in [-0.15, -0.1) is 0 Å². The lowest BCUT2D eigenvalue weighted by atomic mass is 10.1. The van der Waals surface area contributed by atoms with Gasteiger partial charge in [-0.1, -0.05) is 11.6 Å². The third kappa shape index (κ3) is 3.74. The van der Waals surface area contributed by atoms with Crippen LogP contribution in [0.15, 0.2) is 23.0 Å². The molecule has 1 heterocycles. The smallest absolute Gasteiger partial charge is 0.213 e. The van der Waals surface area contributed by atoms with Crippen molar-refractivity contribution in [3.05, 3.63) is 46.2 Å². The van der Waals surface area contributed by atoms with Gasteiger partial charge in [0.15, 0.2) is 5.43 Å². The molecule has 1 N–H and O–H groups in total. The molecular weight excluding hydrogens is 306 g/mol. The average molecular weight is 325 g/mol. The molecule has 118 valence electrons. The number of halogens is 1. The summed E-state index contributed by atoms with van der Waals surface area (Å²) >= 11 is 6.37. The van der Waals surface area contributed by atoms with Gasteiger partial charge >= 0.3 is 0 Å². The number of pyridine rings is 1. The van der Waals surface area contributed by atoms with E-state index in [0.717, 1.165) is 5.69 Å². The van der Waals surface area contributed by atoms with Gasteiger partial charge in [-0.2, -0.15) is 4.74 Å². The number of ether oxygens (including phenoxy) is 3. The maximum atomic E-state index is 12.1. The van der Waals surface area contributed by atoms with Crippen molar-refractivity contribution in [1.82, 2.24) is 4.98 Å². The van der Waals surface area contributed by atoms with Crippen LogP contribution in [0.25, 0.3) is 10.9 Å². The van der Waals surface area contributed by atoms with Crippen molar-refractivity contribution in [3.8, 4) is 5.75 Å². The highest BCUT2D eigenvalue weighted by atomic mass is 35.5. The Morgan fingerprint density at radius 3 is 2.86 bits per heavy atom. The molecule has 0 spiro atoms. The van der Waals surface area contributed by atoms with Gasteiger partial charge < -0.3 is 14.5 Å². The van der Waals surface area contributed by atoms with Crippen LogP contribution >= 0.6 is 11.6 Å². The maximum Gasteiger partial charge on any atom is 0.213 e. The van der Waals surface area contributed by atoms with E-state index >= 15 is 0 Å². The third-order valence-electron chi connectivity index (χ3n) is 3.35. The third-order valence-corrected chi connectivity index (χ3v) is 3.73. The first-order valence-electron chi connectivity index (χ1n) is 6.93. The van der Waals surface area contributed by atoms with Gasteiger partial charge in [0.25, 0.3) is 0 Å². The fraction of sp³-hybridized carbons (Fsp3) is 0.375. The lowest BCUT2D eigenvalue weighted by molar-refractivity contribution is 0.0717. The standard InChI is InChI=1S/C16H18ClNO4/c1-10(21-3)9-22-14-5-4-12-13(19)8-11(6-7-20-2)18-16(12)15(14)17/h4-5,8,10H,2,6-7,9H2,1,3H3/p+1. The van der Waals surface area contributed by atoms with Gasteiger partial charge in [0.1, 0.15) is 24.0 Å². The largest absolute Gasteiger partial charge is 0.489 e. The van der Waals surface area contributed by atoms with E-state index in [1.807, 2.05) is 6.92 Å². The number of fused-ring (bicyclic) bond motifs is 1. The quantitative estimate of drug-likeness (QED) is 0.795. The first-order valence-corrected chi connectivity index (χ1v) is 7.31. The second-order valence-corrected chi connectivity index (χ2v) is 5.35. The van der Waals surface area contributed by atoms with E-state index in [2.05, 4.69) is 12.1 Å². The molecule has 0 radical (unpaired) electrons. The fourth-order valence-corrected chi connectivity index (χ4v) is 2.29. The summed E-state index contributed by atoms with van der Waals surface area (Å²) in [6, 6.07) is 4.95. The monoisotopic (exact) mass is 324 g/mol. The molecule has 0 aliphatic heterocycles. The first-order chi connectivity index (χ1) is 10.6. The van der Waals surface area contributed by atoms with Gasteiger partial charge in [-0.05, 0) is 19.1 Å². The van der Waals surface area contributed by atoms with Gasteiger partial charge in [-0.3, -0.25) is 4.79 Å². The molecule has 2 aromatic rings. The van der Waals surface area contributed by atoms with Gasteiger partial charge in [-0.25, -0.2) is 0 Å². The molecule has 6 heteroatoms. The molecule has 0 amide bonds. The van der Waals surface area contributed by atoms with E-state index in [0.29, 0.717) is 41.3 Å². The zero-order chi connectivity index (χ0) is 16.1. The van der Waals surface area contributed by atoms with Crippen molar-refractivity contribution in [1.29, 1.82) is 0 Å². The second-order valence-electron chi connectivity index (χ2n) is 4.97. The summed E-state index contributed by atoms with van der Waals surface area (Å²) in [6.07, 6.45) is 0.503. The molecule has 0 aliphatic carbocycles. The van der Waals surface area contributed by atoms with Crippen LogP contribution in [0, 0.1) is 7.11 Å². The van der Waals surface area contributed by atoms with Crippen LogP contribution in [0.5, 0.6) is 5.75 Å². The van der Waals surface area contributed by atoms with Crippen LogP contribution in [0.2, 0.25) is 5.02 Å². The summed E-state index contributed by atoms with van der Waals surface area (Å²) in [5.74, 6) is 0.513. The van der Waals surface area contributed by atoms with Crippen molar-refractivity contribution < 1.29 is 14.2 Å². The summed E-state index contributed by atoms with van der Waals surface area (Å²) in [5.41, 5.74) is 1.22. The summed E-state index contributed by atoms with van der Waals surface area (Å²) in [4.78, 5) is 15.3. The number of methoxy groups -OCH3 is 1. The molecule has 1 atom stereocenters. The molecule has 0 fully saturated rings. The number of benzene rings is 1. The Morgan fingerprint density at radius 2 is 2.18 bits per heavy atom. The number of nitrogens with one attached hydrogen (secondary N) is 1. The Bertz CT molecular complexity index is 698. The van der Waals surface area contributed by atoms with Crippen LogP contribution in [-0.4, -0.2) is 31.4 Å². The molecule has 0 saturated carbocycles. The number of H-pyrrole nitrogens is 1. The predicted molar refractivity (Wildman–Crippen MR) is 86.6 cm³/mol. The van der Waals surface area contributed by atoms with E-state index in [-0.39, 0.29) is 11.5 Å². The van der Waals surface area contributed by atoms with Crippen LogP contribution in [-0.2, 0) is 15.9 Å². The Labute approximate surface area is 134 Å². The summed E-state index contributed by atoms with van der Waals surface area (Å²) in [7, 11) is 4.93. The number of rotatable bonds is 7. The Kier molecular flexibility index (Phi) is 5.71. The summed E-state index contributed by atoms with van der Waals surface area (Å²) < 4.78 is 15.6. The van der Waals surface area contributed by atoms with E-state index in [4.69, 9.17) is 25.8 Å². The summed E-state index contributed by atoms with van der Waals surface area (Å²) in [5, 5.41) is 0.909. The molecule has 0 saturated heterocycles. The highest BCUT2D eigenvalue weighted by molar-refractivity contribution is 6.36. The van der Waals surface area contributed by atoms with Crippen LogP contribution in [0.4, 0.5) is 0 Å². The van der Waals surface area contributed by atoms with Crippen molar-refractivity contribution in [3.63, 3.8) is 0 Å². The zero-order valence-corrected chi connectivity index (χ0v) is 13.4. The normalized spacial score (nSPS) is 12.5. The van der Waals surface area contributed by atoms with E-state index in [9.17, 15) is 4.79 Å². The molecule has 0 bridgehead atoms. The topological polar surface area (TPSA) is 60.6 Å². The predicted octanol–water partition coefficient (Wildman–Crippen LogP) is 2.95. The van der Waals surface area contributed by atoms with Crippen LogP contribution in [0.1, 0.15) is 12.6 Å². The minimum Gasteiger partial charge on any atom is -0.489 e. The number of aromatic amines is 1. The van der Waals surface area contributed by atoms with Gasteiger partial charge in [0, 0.05) is 30.7 Å². The summed E-state index contributed by atoms with van der Waals surface area (Å²) in [6.45, 7) is 2.69. The first kappa shape index (κ1) is 16.7. The van der Waals surface area contributed by atoms with Crippen molar-refractivity contribution in [2.75, 3.05) is 20.3 Å². The zero-order valence-electron chi connectivity index (χ0n) is 12.6. The molecule has 0 aliphatic rings. The van der Waals surface area contributed by atoms with Crippen LogP contribution in [0.3, 0.4) is 0 Å². The molecule has 5 nitrogen and oxygen atoms in total. The molecule has 1 unspecified atom stereocenters. The molecular formula is C16H19ClNO4+. The van der Waals surface area contributed by atoms with E-state index in [1.54, 1.807) is 25.3 Å². The number of hydrogen-bond donors (Lipinski definition) is 1. The lowest BCUT2D eigenvalue weighted by Gasteiger charge is -2.14. The van der Waals surface area contributed by atoms with Gasteiger partial charge in [0.2, 0.25) is 7.11 Å². The number of hydrogen-bond acceptors (Lipinski definition) is 4. The van der Waals surface area contributed by atoms with E-state index in [1.165, 1.54) is 0 Å². The minimum absolute atomic E-state index is 0.0497. The SMILES string of the molecule is [CH2+]OCCc1cc(=O)c2ccc(OCC(C)OC)c(Cl)c2[nH]1. The molecule has 1 aromatic heterocycles. The Hall–Kier alpha value is -1.69. The molecule has 1 aromatic carbocycles. The Morgan fingerprint density at radius 1 is 1.41 bits per heavy atom. The average Bonchev–Trinajstić information content (AvgIpc) is 2.52. The van der Waals surface area contributed by atoms with Gasteiger partial charge in [0.05, 0.1) is 11.6 Å². The Balaban J connectivity index is 2.37. The van der Waals surface area contributed by atoms with Crippen molar-refractivity contribution in [2.24, 2.45) is 0 Å². The second kappa shape index (κ2) is 7.54.